The highest BCUT2D eigenvalue weighted by Gasteiger charge is 2.44. The lowest BCUT2D eigenvalue weighted by Crippen LogP contribution is -2.60. The second-order valence-corrected chi connectivity index (χ2v) is 20.1. The van der Waals surface area contributed by atoms with Gasteiger partial charge < -0.3 is 40.3 Å². The summed E-state index contributed by atoms with van der Waals surface area (Å²) in [5, 5.41) is 54.5. The smallest absolute Gasteiger partial charge is 0.220 e. The van der Waals surface area contributed by atoms with Crippen molar-refractivity contribution < 1.29 is 39.8 Å². The van der Waals surface area contributed by atoms with E-state index in [1.54, 1.807) is 6.08 Å². The molecular formula is C58H109NO8. The van der Waals surface area contributed by atoms with Crippen molar-refractivity contribution in [1.29, 1.82) is 0 Å². The topological polar surface area (TPSA) is 149 Å². The fourth-order valence-electron chi connectivity index (χ4n) is 9.13. The molecule has 0 bridgehead atoms. The molecule has 1 amide bonds. The Labute approximate surface area is 412 Å². The van der Waals surface area contributed by atoms with Gasteiger partial charge in [-0.3, -0.25) is 4.79 Å². The van der Waals surface area contributed by atoms with E-state index in [1.165, 1.54) is 205 Å². The number of aliphatic hydroxyl groups excluding tert-OH is 5. The Balaban J connectivity index is 2.24. The van der Waals surface area contributed by atoms with Crippen LogP contribution in [0.5, 0.6) is 0 Å². The number of carbonyl (C=O) groups is 1. The van der Waals surface area contributed by atoms with Crippen LogP contribution in [0.15, 0.2) is 36.5 Å². The fraction of sp³-hybridized carbons (Fsp3) is 0.879. The van der Waals surface area contributed by atoms with E-state index in [9.17, 15) is 30.3 Å². The van der Waals surface area contributed by atoms with Crippen molar-refractivity contribution in [2.45, 2.75) is 314 Å². The van der Waals surface area contributed by atoms with Gasteiger partial charge in [-0.15, -0.1) is 0 Å². The van der Waals surface area contributed by atoms with Gasteiger partial charge in [0.25, 0.3) is 0 Å². The van der Waals surface area contributed by atoms with E-state index < -0.39 is 49.5 Å². The second-order valence-electron chi connectivity index (χ2n) is 20.1. The Morgan fingerprint density at radius 2 is 0.881 bits per heavy atom. The predicted molar refractivity (Wildman–Crippen MR) is 281 cm³/mol. The molecular weight excluding hydrogens is 839 g/mol. The first-order valence-electron chi connectivity index (χ1n) is 28.7. The average Bonchev–Trinajstić information content (AvgIpc) is 3.33. The van der Waals surface area contributed by atoms with Crippen LogP contribution >= 0.6 is 0 Å². The van der Waals surface area contributed by atoms with Crippen LogP contribution in [0.1, 0.15) is 271 Å². The molecule has 0 aromatic heterocycles. The number of carbonyl (C=O) groups excluding carboxylic acids is 1. The standard InChI is InChI=1S/C58H109NO8/c1-3-5-7-9-11-13-15-17-19-21-23-25-26-28-29-31-33-35-37-39-41-43-45-47-52(61)51(50-66-58-57(65)56(64)55(63)53(49-60)67-58)59-54(62)48-46-44-42-40-38-36-34-32-30-27-24-22-20-18-16-14-12-10-8-6-4-2/h16,18,22,24,45,47,51-53,55-58,60-61,63-65H,3-15,17,19-21,23,25-44,46,48-50H2,1-2H3,(H,59,62)/b18-16-,24-22-,47-45+. The Bertz CT molecular complexity index is 1150. The van der Waals surface area contributed by atoms with Crippen molar-refractivity contribution in [2.24, 2.45) is 0 Å². The summed E-state index contributed by atoms with van der Waals surface area (Å²) in [7, 11) is 0. The summed E-state index contributed by atoms with van der Waals surface area (Å²) in [6, 6.07) is -0.807. The van der Waals surface area contributed by atoms with Gasteiger partial charge in [-0.1, -0.05) is 249 Å². The number of aliphatic hydroxyl groups is 5. The first-order chi connectivity index (χ1) is 32.8. The molecule has 0 saturated carbocycles. The van der Waals surface area contributed by atoms with Gasteiger partial charge >= 0.3 is 0 Å². The maximum atomic E-state index is 13.0. The minimum absolute atomic E-state index is 0.179. The van der Waals surface area contributed by atoms with E-state index in [0.717, 1.165) is 44.9 Å². The monoisotopic (exact) mass is 948 g/mol. The number of rotatable bonds is 49. The Morgan fingerprint density at radius 3 is 1.28 bits per heavy atom. The van der Waals surface area contributed by atoms with Gasteiger partial charge in [0.1, 0.15) is 24.4 Å². The third-order valence-corrected chi connectivity index (χ3v) is 13.7. The summed E-state index contributed by atoms with van der Waals surface area (Å²) in [5.41, 5.74) is 0. The van der Waals surface area contributed by atoms with E-state index in [4.69, 9.17) is 9.47 Å². The van der Waals surface area contributed by atoms with Crippen LogP contribution in [0.2, 0.25) is 0 Å². The molecule has 7 atom stereocenters. The zero-order valence-electron chi connectivity index (χ0n) is 43.7. The molecule has 1 heterocycles. The fourth-order valence-corrected chi connectivity index (χ4v) is 9.13. The highest BCUT2D eigenvalue weighted by molar-refractivity contribution is 5.76. The van der Waals surface area contributed by atoms with E-state index in [1.807, 2.05) is 6.08 Å². The lowest BCUT2D eigenvalue weighted by Gasteiger charge is -2.40. The van der Waals surface area contributed by atoms with Crippen LogP contribution in [-0.2, 0) is 14.3 Å². The third-order valence-electron chi connectivity index (χ3n) is 13.7. The zero-order valence-corrected chi connectivity index (χ0v) is 43.7. The lowest BCUT2D eigenvalue weighted by molar-refractivity contribution is -0.302. The highest BCUT2D eigenvalue weighted by Crippen LogP contribution is 2.23. The number of hydrogen-bond acceptors (Lipinski definition) is 8. The molecule has 9 heteroatoms. The van der Waals surface area contributed by atoms with Crippen molar-refractivity contribution in [2.75, 3.05) is 13.2 Å². The summed E-state index contributed by atoms with van der Waals surface area (Å²) >= 11 is 0. The molecule has 6 N–H and O–H groups in total. The van der Waals surface area contributed by atoms with Crippen molar-refractivity contribution in [3.63, 3.8) is 0 Å². The molecule has 1 aliphatic rings. The quantitative estimate of drug-likeness (QED) is 0.0261. The van der Waals surface area contributed by atoms with Gasteiger partial charge in [-0.05, 0) is 51.4 Å². The SMILES string of the molecule is CCCCCCC/C=C\C/C=C\CCCCCCCCCCCC(=O)NC(COC1OC(CO)C(O)C(O)C1O)C(O)/C=C/CCCCCCCCCCCCCCCCCCCCCCC. The Hall–Kier alpha value is -1.59. The number of allylic oxidation sites excluding steroid dienone is 5. The molecule has 0 aromatic rings. The first kappa shape index (κ1) is 63.4. The molecule has 67 heavy (non-hydrogen) atoms. The van der Waals surface area contributed by atoms with Crippen LogP contribution in [-0.4, -0.2) is 87.5 Å². The Morgan fingerprint density at radius 1 is 0.507 bits per heavy atom. The van der Waals surface area contributed by atoms with Crippen molar-refractivity contribution in [1.82, 2.24) is 5.32 Å². The average molecular weight is 949 g/mol. The lowest BCUT2D eigenvalue weighted by atomic mass is 9.99. The number of ether oxygens (including phenoxy) is 2. The summed E-state index contributed by atoms with van der Waals surface area (Å²) in [6.45, 7) is 3.79. The molecule has 394 valence electrons. The van der Waals surface area contributed by atoms with Crippen LogP contribution < -0.4 is 5.32 Å². The van der Waals surface area contributed by atoms with Crippen LogP contribution in [0.4, 0.5) is 0 Å². The summed E-state index contributed by atoms with van der Waals surface area (Å²) in [6.07, 6.45) is 54.9. The van der Waals surface area contributed by atoms with Crippen LogP contribution in [0.3, 0.4) is 0 Å². The van der Waals surface area contributed by atoms with Gasteiger partial charge in [0.15, 0.2) is 6.29 Å². The van der Waals surface area contributed by atoms with Gasteiger partial charge in [0.2, 0.25) is 5.91 Å². The third kappa shape index (κ3) is 37.9. The molecule has 9 nitrogen and oxygen atoms in total. The van der Waals surface area contributed by atoms with Gasteiger partial charge in [-0.2, -0.15) is 0 Å². The molecule has 1 aliphatic heterocycles. The van der Waals surface area contributed by atoms with Gasteiger partial charge in [0.05, 0.1) is 25.4 Å². The minimum atomic E-state index is -1.57. The maximum absolute atomic E-state index is 13.0. The van der Waals surface area contributed by atoms with Crippen molar-refractivity contribution in [3.8, 4) is 0 Å². The molecule has 1 fully saturated rings. The Kier molecular flexibility index (Phi) is 45.5. The normalized spacial score (nSPS) is 19.9. The molecule has 1 saturated heterocycles. The summed E-state index contributed by atoms with van der Waals surface area (Å²) in [5.74, 6) is -0.179. The first-order valence-corrected chi connectivity index (χ1v) is 28.7. The predicted octanol–water partition coefficient (Wildman–Crippen LogP) is 14.0. The van der Waals surface area contributed by atoms with Gasteiger partial charge in [0, 0.05) is 6.42 Å². The number of amides is 1. The molecule has 1 rings (SSSR count). The van der Waals surface area contributed by atoms with Crippen molar-refractivity contribution >= 4 is 5.91 Å². The summed E-state index contributed by atoms with van der Waals surface area (Å²) < 4.78 is 11.3. The molecule has 0 aromatic carbocycles. The molecule has 0 aliphatic carbocycles. The maximum Gasteiger partial charge on any atom is 0.220 e. The van der Waals surface area contributed by atoms with Gasteiger partial charge in [-0.25, -0.2) is 0 Å². The van der Waals surface area contributed by atoms with Crippen LogP contribution in [0.25, 0.3) is 0 Å². The second kappa shape index (κ2) is 48.1. The minimum Gasteiger partial charge on any atom is -0.394 e. The highest BCUT2D eigenvalue weighted by atomic mass is 16.7. The van der Waals surface area contributed by atoms with E-state index >= 15 is 0 Å². The van der Waals surface area contributed by atoms with Crippen LogP contribution in [0, 0.1) is 0 Å². The number of nitrogens with one attached hydrogen (secondary N) is 1. The van der Waals surface area contributed by atoms with E-state index in [0.29, 0.717) is 6.42 Å². The molecule has 7 unspecified atom stereocenters. The number of hydrogen-bond donors (Lipinski definition) is 6. The van der Waals surface area contributed by atoms with E-state index in [2.05, 4.69) is 43.5 Å². The summed E-state index contributed by atoms with van der Waals surface area (Å²) in [4.78, 5) is 13.0. The van der Waals surface area contributed by atoms with Crippen molar-refractivity contribution in [3.05, 3.63) is 36.5 Å². The molecule has 0 spiro atoms. The zero-order chi connectivity index (χ0) is 48.7. The molecule has 0 radical (unpaired) electrons. The van der Waals surface area contributed by atoms with E-state index in [-0.39, 0.29) is 12.5 Å². The number of unbranched alkanes of at least 4 members (excludes halogenated alkanes) is 35. The largest absolute Gasteiger partial charge is 0.394 e.